The van der Waals surface area contributed by atoms with E-state index in [0.717, 1.165) is 16.7 Å². The number of nitro groups is 1. The first-order valence-electron chi connectivity index (χ1n) is 9.05. The molecule has 1 heterocycles. The van der Waals surface area contributed by atoms with E-state index in [0.29, 0.717) is 11.1 Å². The summed E-state index contributed by atoms with van der Waals surface area (Å²) in [5, 5.41) is 12.9. The van der Waals surface area contributed by atoms with Crippen LogP contribution in [-0.4, -0.2) is 40.0 Å². The third-order valence-corrected chi connectivity index (χ3v) is 5.09. The van der Waals surface area contributed by atoms with Gasteiger partial charge in [-0.05, 0) is 47.2 Å². The molecule has 1 aliphatic rings. The lowest BCUT2D eigenvalue weighted by Gasteiger charge is -2.12. The highest BCUT2D eigenvalue weighted by Gasteiger charge is 2.34. The lowest BCUT2D eigenvalue weighted by atomic mass is 10.2. The summed E-state index contributed by atoms with van der Waals surface area (Å²) in [4.78, 5) is 47.9. The number of hydrogen-bond acceptors (Lipinski definition) is 6. The van der Waals surface area contributed by atoms with Crippen molar-refractivity contribution in [3.8, 4) is 0 Å². The lowest BCUT2D eigenvalue weighted by Crippen LogP contribution is -2.36. The zero-order valence-corrected chi connectivity index (χ0v) is 16.8. The van der Waals surface area contributed by atoms with Gasteiger partial charge in [-0.2, -0.15) is 0 Å². The number of nitrogens with zero attached hydrogens (tertiary/aromatic N) is 2. The van der Waals surface area contributed by atoms with Gasteiger partial charge in [-0.15, -0.1) is 0 Å². The summed E-state index contributed by atoms with van der Waals surface area (Å²) in [6.45, 7) is 0.0296. The average molecular weight is 441 g/mol. The molecule has 8 nitrogen and oxygen atoms in total. The summed E-state index contributed by atoms with van der Waals surface area (Å²) >= 11 is 0.774. The van der Waals surface area contributed by atoms with Gasteiger partial charge in [0.15, 0.2) is 0 Å². The summed E-state index contributed by atoms with van der Waals surface area (Å²) in [5.74, 6) is -1.36. The summed E-state index contributed by atoms with van der Waals surface area (Å²) in [6, 6.07) is 11.3. The molecule has 1 saturated heterocycles. The smallest absolute Gasteiger partial charge is 0.293 e. The number of nitro benzene ring substituents is 1. The first-order valence-corrected chi connectivity index (χ1v) is 9.86. The van der Waals surface area contributed by atoms with E-state index in [2.05, 4.69) is 5.32 Å². The highest BCUT2D eigenvalue weighted by Crippen LogP contribution is 2.31. The maximum Gasteiger partial charge on any atom is 0.293 e. The van der Waals surface area contributed by atoms with Crippen LogP contribution < -0.4 is 5.32 Å². The van der Waals surface area contributed by atoms with Gasteiger partial charge in [0, 0.05) is 31.3 Å². The minimum Gasteiger partial charge on any atom is -0.351 e. The fraction of sp³-hybridized carbons (Fsp3) is 0.0952. The Labute approximate surface area is 180 Å². The van der Waals surface area contributed by atoms with Crippen LogP contribution in [0, 0.1) is 15.9 Å². The lowest BCUT2D eigenvalue weighted by molar-refractivity contribution is -0.384. The molecule has 158 valence electrons. The number of imide groups is 1. The fourth-order valence-corrected chi connectivity index (χ4v) is 3.53. The molecule has 0 unspecified atom stereocenters. The average Bonchev–Trinajstić information content (AvgIpc) is 3.01. The molecule has 0 radical (unpaired) electrons. The highest BCUT2D eigenvalue weighted by atomic mass is 32.2. The van der Waals surface area contributed by atoms with E-state index in [1.54, 1.807) is 6.07 Å². The van der Waals surface area contributed by atoms with Crippen molar-refractivity contribution in [2.75, 3.05) is 13.1 Å². The predicted octanol–water partition coefficient (Wildman–Crippen LogP) is 3.60. The van der Waals surface area contributed by atoms with Crippen molar-refractivity contribution in [1.82, 2.24) is 10.2 Å². The van der Waals surface area contributed by atoms with E-state index in [-0.39, 0.29) is 23.7 Å². The normalized spacial score (nSPS) is 15.1. The van der Waals surface area contributed by atoms with E-state index < -0.39 is 27.8 Å². The van der Waals surface area contributed by atoms with Crippen molar-refractivity contribution in [3.63, 3.8) is 0 Å². The van der Waals surface area contributed by atoms with Crippen LogP contribution in [0.25, 0.3) is 12.2 Å². The number of hydrogen-bond donors (Lipinski definition) is 1. The van der Waals surface area contributed by atoms with Crippen molar-refractivity contribution in [2.24, 2.45) is 0 Å². The van der Waals surface area contributed by atoms with Gasteiger partial charge in [0.2, 0.25) is 5.91 Å². The molecule has 1 aliphatic heterocycles. The Kier molecular flexibility index (Phi) is 6.93. The first kappa shape index (κ1) is 21.9. The van der Waals surface area contributed by atoms with E-state index in [9.17, 15) is 28.9 Å². The van der Waals surface area contributed by atoms with Crippen molar-refractivity contribution in [1.29, 1.82) is 0 Å². The van der Waals surface area contributed by atoms with Crippen LogP contribution in [0.2, 0.25) is 0 Å². The van der Waals surface area contributed by atoms with Crippen LogP contribution >= 0.6 is 11.8 Å². The fourth-order valence-electron chi connectivity index (χ4n) is 2.67. The summed E-state index contributed by atoms with van der Waals surface area (Å²) in [5.41, 5.74) is 0.989. The van der Waals surface area contributed by atoms with Gasteiger partial charge < -0.3 is 5.32 Å². The van der Waals surface area contributed by atoms with Gasteiger partial charge in [-0.3, -0.25) is 29.4 Å². The van der Waals surface area contributed by atoms with E-state index >= 15 is 0 Å². The Hall–Kier alpha value is -3.79. The Balaban J connectivity index is 1.53. The third kappa shape index (κ3) is 5.86. The Morgan fingerprint density at radius 2 is 1.90 bits per heavy atom. The Morgan fingerprint density at radius 1 is 1.16 bits per heavy atom. The molecule has 0 spiro atoms. The molecule has 0 atom stereocenters. The molecule has 1 fully saturated rings. The van der Waals surface area contributed by atoms with Crippen LogP contribution in [0.3, 0.4) is 0 Å². The molecule has 2 aromatic carbocycles. The van der Waals surface area contributed by atoms with E-state index in [1.807, 2.05) is 0 Å². The number of rotatable bonds is 7. The Morgan fingerprint density at radius 3 is 2.61 bits per heavy atom. The van der Waals surface area contributed by atoms with Gasteiger partial charge >= 0.3 is 0 Å². The molecular weight excluding hydrogens is 425 g/mol. The summed E-state index contributed by atoms with van der Waals surface area (Å²) < 4.78 is 13.0. The molecule has 0 aliphatic carbocycles. The number of non-ortho nitro benzene ring substituents is 1. The second kappa shape index (κ2) is 9.81. The monoisotopic (exact) mass is 441 g/mol. The molecule has 3 rings (SSSR count). The molecule has 0 aromatic heterocycles. The van der Waals surface area contributed by atoms with Gasteiger partial charge in [0.1, 0.15) is 5.82 Å². The van der Waals surface area contributed by atoms with Crippen molar-refractivity contribution in [2.45, 2.75) is 0 Å². The van der Waals surface area contributed by atoms with Crippen LogP contribution in [0.1, 0.15) is 11.1 Å². The van der Waals surface area contributed by atoms with Crippen molar-refractivity contribution in [3.05, 3.63) is 86.6 Å². The maximum atomic E-state index is 13.0. The molecule has 0 saturated carbocycles. The van der Waals surface area contributed by atoms with E-state index in [1.165, 1.54) is 60.7 Å². The van der Waals surface area contributed by atoms with Gasteiger partial charge in [-0.1, -0.05) is 24.3 Å². The van der Waals surface area contributed by atoms with Crippen LogP contribution in [0.4, 0.5) is 14.9 Å². The first-order chi connectivity index (χ1) is 14.8. The summed E-state index contributed by atoms with van der Waals surface area (Å²) in [6.07, 6.45) is 4.14. The SMILES string of the molecule is O=C(/C=C/c1cccc([N+](=O)[O-])c1)NCCN1C(=O)S/C(=C\c2ccc(F)cc2)C1=O. The van der Waals surface area contributed by atoms with E-state index in [4.69, 9.17) is 0 Å². The summed E-state index contributed by atoms with van der Waals surface area (Å²) in [7, 11) is 0. The largest absolute Gasteiger partial charge is 0.351 e. The standard InChI is InChI=1S/C21H16FN3O5S/c22-16-7-4-15(5-8-16)13-18-20(27)24(21(28)31-18)11-10-23-19(26)9-6-14-2-1-3-17(12-14)25(29)30/h1-9,12-13H,10-11H2,(H,23,26)/b9-6+,18-13-. The highest BCUT2D eigenvalue weighted by molar-refractivity contribution is 8.18. The number of thioether (sulfide) groups is 1. The minimum absolute atomic E-state index is 0.0121. The number of halogens is 1. The molecule has 1 N–H and O–H groups in total. The second-order valence-corrected chi connectivity index (χ2v) is 7.35. The van der Waals surface area contributed by atoms with Gasteiger partial charge in [0.25, 0.3) is 16.8 Å². The second-order valence-electron chi connectivity index (χ2n) is 6.36. The van der Waals surface area contributed by atoms with Crippen LogP contribution in [0.15, 0.2) is 59.5 Å². The third-order valence-electron chi connectivity index (χ3n) is 4.18. The number of amides is 3. The molecule has 2 aromatic rings. The van der Waals surface area contributed by atoms with Crippen LogP contribution in [0.5, 0.6) is 0 Å². The predicted molar refractivity (Wildman–Crippen MR) is 114 cm³/mol. The quantitative estimate of drug-likeness (QED) is 0.399. The zero-order valence-electron chi connectivity index (χ0n) is 16.0. The van der Waals surface area contributed by atoms with Crippen LogP contribution in [-0.2, 0) is 9.59 Å². The molecule has 10 heteroatoms. The molecule has 31 heavy (non-hydrogen) atoms. The molecular formula is C21H16FN3O5S. The number of benzene rings is 2. The molecule has 0 bridgehead atoms. The number of carbonyl (C=O) groups is 3. The zero-order chi connectivity index (χ0) is 22.4. The number of nitrogens with one attached hydrogen (secondary N) is 1. The topological polar surface area (TPSA) is 110 Å². The van der Waals surface area contributed by atoms with Crippen molar-refractivity contribution < 1.29 is 23.7 Å². The van der Waals surface area contributed by atoms with Gasteiger partial charge in [0.05, 0.1) is 9.83 Å². The minimum atomic E-state index is -0.529. The van der Waals surface area contributed by atoms with Gasteiger partial charge in [-0.25, -0.2) is 4.39 Å². The number of carbonyl (C=O) groups excluding carboxylic acids is 3. The van der Waals surface area contributed by atoms with Crippen molar-refractivity contribution >= 4 is 46.7 Å². The Bertz CT molecular complexity index is 1100. The maximum absolute atomic E-state index is 13.0. The molecule has 3 amide bonds.